The SMILES string of the molecule is CSS[C@@H](CC[C@H](N)C(=O)O)CNC(=O)OCc1ccccc1N. The van der Waals surface area contributed by atoms with Gasteiger partial charge in [0.05, 0.1) is 0 Å². The summed E-state index contributed by atoms with van der Waals surface area (Å²) in [6, 6.07) is 6.28. The summed E-state index contributed by atoms with van der Waals surface area (Å²) in [6.07, 6.45) is 2.33. The minimum atomic E-state index is -1.02. The lowest BCUT2D eigenvalue weighted by atomic mass is 10.1. The van der Waals surface area contributed by atoms with Crippen LogP contribution in [-0.2, 0) is 16.1 Å². The third-order valence-electron chi connectivity index (χ3n) is 3.24. The Labute approximate surface area is 149 Å². The molecule has 0 unspecified atom stereocenters. The van der Waals surface area contributed by atoms with Crippen molar-refractivity contribution in [2.45, 2.75) is 30.7 Å². The largest absolute Gasteiger partial charge is 0.480 e. The van der Waals surface area contributed by atoms with E-state index in [1.165, 1.54) is 0 Å². The molecule has 0 aliphatic carbocycles. The molecule has 1 rings (SSSR count). The number of rotatable bonds is 10. The van der Waals surface area contributed by atoms with Crippen LogP contribution in [0.3, 0.4) is 0 Å². The number of aliphatic carboxylic acids is 1. The molecule has 0 bridgehead atoms. The molecular weight excluding hydrogens is 350 g/mol. The first kappa shape index (κ1) is 20.5. The van der Waals surface area contributed by atoms with Gasteiger partial charge in [0.15, 0.2) is 0 Å². The van der Waals surface area contributed by atoms with Crippen LogP contribution in [0.1, 0.15) is 18.4 Å². The summed E-state index contributed by atoms with van der Waals surface area (Å²) in [5.74, 6) is -1.02. The van der Waals surface area contributed by atoms with Crippen LogP contribution in [0, 0.1) is 0 Å². The molecule has 0 aromatic heterocycles. The summed E-state index contributed by atoms with van der Waals surface area (Å²) in [5.41, 5.74) is 12.6. The van der Waals surface area contributed by atoms with Crippen LogP contribution in [0.2, 0.25) is 0 Å². The Bertz CT molecular complexity index is 545. The Morgan fingerprint density at radius 1 is 1.33 bits per heavy atom. The minimum Gasteiger partial charge on any atom is -0.480 e. The molecule has 2 atom stereocenters. The number of carbonyl (C=O) groups excluding carboxylic acids is 1. The van der Waals surface area contributed by atoms with Gasteiger partial charge in [-0.25, -0.2) is 4.79 Å². The lowest BCUT2D eigenvalue weighted by Gasteiger charge is -2.17. The van der Waals surface area contributed by atoms with Crippen LogP contribution in [0.15, 0.2) is 24.3 Å². The van der Waals surface area contributed by atoms with Gasteiger partial charge >= 0.3 is 12.1 Å². The standard InChI is InChI=1S/C15H23N3O4S2/c1-23-24-11(6-7-13(17)14(19)20)8-18-15(21)22-9-10-4-2-3-5-12(10)16/h2-5,11,13H,6-9,16-17H2,1H3,(H,18,21)(H,19,20)/t11-,13-/m0/s1. The fourth-order valence-corrected chi connectivity index (χ4v) is 3.83. The van der Waals surface area contributed by atoms with Gasteiger partial charge in [-0.3, -0.25) is 4.79 Å². The summed E-state index contributed by atoms with van der Waals surface area (Å²) in [4.78, 5) is 22.5. The van der Waals surface area contributed by atoms with Gasteiger partial charge in [-0.1, -0.05) is 39.8 Å². The summed E-state index contributed by atoms with van der Waals surface area (Å²) in [7, 11) is 3.12. The van der Waals surface area contributed by atoms with Crippen molar-refractivity contribution in [3.05, 3.63) is 29.8 Å². The van der Waals surface area contributed by atoms with Crippen LogP contribution >= 0.6 is 21.6 Å². The number of anilines is 1. The second-order valence-electron chi connectivity index (χ2n) is 5.06. The van der Waals surface area contributed by atoms with Gasteiger partial charge in [-0.15, -0.1) is 0 Å². The van der Waals surface area contributed by atoms with E-state index in [0.29, 0.717) is 25.1 Å². The second-order valence-corrected chi connectivity index (χ2v) is 7.83. The van der Waals surface area contributed by atoms with E-state index in [4.69, 9.17) is 21.3 Å². The average molecular weight is 374 g/mol. The van der Waals surface area contributed by atoms with E-state index in [-0.39, 0.29) is 11.9 Å². The van der Waals surface area contributed by atoms with Crippen molar-refractivity contribution in [3.8, 4) is 0 Å². The highest BCUT2D eigenvalue weighted by Crippen LogP contribution is 2.26. The van der Waals surface area contributed by atoms with E-state index in [1.54, 1.807) is 33.7 Å². The zero-order valence-corrected chi connectivity index (χ0v) is 15.1. The molecule has 0 spiro atoms. The molecule has 6 N–H and O–H groups in total. The molecule has 1 aromatic rings. The van der Waals surface area contributed by atoms with Crippen molar-refractivity contribution >= 4 is 39.3 Å². The predicted octanol–water partition coefficient (Wildman–Crippen LogP) is 2.07. The van der Waals surface area contributed by atoms with Gasteiger partial charge in [0.1, 0.15) is 12.6 Å². The lowest BCUT2D eigenvalue weighted by molar-refractivity contribution is -0.138. The first-order valence-corrected chi connectivity index (χ1v) is 9.98. The first-order valence-electron chi connectivity index (χ1n) is 7.36. The Morgan fingerprint density at radius 3 is 2.67 bits per heavy atom. The number of carboxylic acids is 1. The Balaban J connectivity index is 2.35. The number of amides is 1. The molecule has 0 aliphatic rings. The van der Waals surface area contributed by atoms with Crippen molar-refractivity contribution in [1.29, 1.82) is 0 Å². The molecule has 0 fully saturated rings. The summed E-state index contributed by atoms with van der Waals surface area (Å²) in [5, 5.41) is 11.5. The molecule has 1 aromatic carbocycles. The highest BCUT2D eigenvalue weighted by atomic mass is 33.1. The van der Waals surface area contributed by atoms with Crippen LogP contribution in [0.25, 0.3) is 0 Å². The summed E-state index contributed by atoms with van der Waals surface area (Å²) < 4.78 is 5.14. The molecule has 7 nitrogen and oxygen atoms in total. The number of ether oxygens (including phenoxy) is 1. The number of hydrogen-bond acceptors (Lipinski definition) is 7. The fraction of sp³-hybridized carbons (Fsp3) is 0.467. The number of nitrogen functional groups attached to an aromatic ring is 1. The Morgan fingerprint density at radius 2 is 2.04 bits per heavy atom. The summed E-state index contributed by atoms with van der Waals surface area (Å²) >= 11 is 0. The molecule has 9 heteroatoms. The zero-order chi connectivity index (χ0) is 17.9. The van der Waals surface area contributed by atoms with Gasteiger partial charge in [-0.2, -0.15) is 0 Å². The Kier molecular flexibility index (Phi) is 9.43. The smallest absolute Gasteiger partial charge is 0.407 e. The van der Waals surface area contributed by atoms with Crippen molar-refractivity contribution in [3.63, 3.8) is 0 Å². The topological polar surface area (TPSA) is 128 Å². The van der Waals surface area contributed by atoms with Crippen molar-refractivity contribution in [1.82, 2.24) is 5.32 Å². The molecule has 1 amide bonds. The van der Waals surface area contributed by atoms with Crippen LogP contribution in [-0.4, -0.2) is 41.3 Å². The predicted molar refractivity (Wildman–Crippen MR) is 98.8 cm³/mol. The van der Waals surface area contributed by atoms with Gasteiger partial charge in [-0.05, 0) is 25.2 Å². The second kappa shape index (κ2) is 11.1. The molecule has 0 heterocycles. The van der Waals surface area contributed by atoms with Gasteiger partial charge in [0, 0.05) is 23.0 Å². The zero-order valence-electron chi connectivity index (χ0n) is 13.4. The number of para-hydroxylation sites is 1. The molecule has 0 aliphatic heterocycles. The highest BCUT2D eigenvalue weighted by Gasteiger charge is 2.17. The van der Waals surface area contributed by atoms with Gasteiger partial charge < -0.3 is 26.6 Å². The molecule has 134 valence electrons. The fourth-order valence-electron chi connectivity index (χ4n) is 1.87. The van der Waals surface area contributed by atoms with Crippen LogP contribution in [0.4, 0.5) is 10.5 Å². The third kappa shape index (κ3) is 7.80. The molecule has 0 saturated heterocycles. The lowest BCUT2D eigenvalue weighted by Crippen LogP contribution is -2.34. The first-order chi connectivity index (χ1) is 11.4. The van der Waals surface area contributed by atoms with E-state index >= 15 is 0 Å². The maximum Gasteiger partial charge on any atom is 0.407 e. The van der Waals surface area contributed by atoms with Crippen molar-refractivity contribution in [2.75, 3.05) is 18.5 Å². The highest BCUT2D eigenvalue weighted by molar-refractivity contribution is 8.76. The monoisotopic (exact) mass is 373 g/mol. The maximum absolute atomic E-state index is 11.8. The van der Waals surface area contributed by atoms with Gasteiger partial charge in [0.25, 0.3) is 0 Å². The van der Waals surface area contributed by atoms with Crippen molar-refractivity contribution < 1.29 is 19.4 Å². The Hall–Kier alpha value is -1.58. The van der Waals surface area contributed by atoms with Crippen LogP contribution < -0.4 is 16.8 Å². The molecular formula is C15H23N3O4S2. The molecule has 24 heavy (non-hydrogen) atoms. The van der Waals surface area contributed by atoms with Gasteiger partial charge in [0.2, 0.25) is 0 Å². The van der Waals surface area contributed by atoms with E-state index in [9.17, 15) is 9.59 Å². The normalized spacial score (nSPS) is 13.1. The number of carbonyl (C=O) groups is 2. The summed E-state index contributed by atoms with van der Waals surface area (Å²) in [6.45, 7) is 0.476. The van der Waals surface area contributed by atoms with Crippen molar-refractivity contribution in [2.24, 2.45) is 5.73 Å². The number of nitrogens with one attached hydrogen (secondary N) is 1. The minimum absolute atomic E-state index is 0.0553. The quantitative estimate of drug-likeness (QED) is 0.362. The van der Waals surface area contributed by atoms with E-state index < -0.39 is 18.1 Å². The molecule has 0 radical (unpaired) electrons. The number of nitrogens with two attached hydrogens (primary N) is 2. The maximum atomic E-state index is 11.8. The van der Waals surface area contributed by atoms with Crippen LogP contribution in [0.5, 0.6) is 0 Å². The number of carboxylic acid groups (broad SMARTS) is 1. The average Bonchev–Trinajstić information content (AvgIpc) is 2.56. The number of benzene rings is 1. The van der Waals surface area contributed by atoms with E-state index in [1.807, 2.05) is 18.4 Å². The number of hydrogen-bond donors (Lipinski definition) is 4. The van der Waals surface area contributed by atoms with E-state index in [2.05, 4.69) is 5.32 Å². The number of alkyl carbamates (subject to hydrolysis) is 1. The third-order valence-corrected chi connectivity index (χ3v) is 5.50. The molecule has 0 saturated carbocycles. The van der Waals surface area contributed by atoms with E-state index in [0.717, 1.165) is 5.56 Å².